The number of hydrogen-bond acceptors (Lipinski definition) is 3. The van der Waals surface area contributed by atoms with Crippen LogP contribution < -0.4 is 10.9 Å². The van der Waals surface area contributed by atoms with Gasteiger partial charge in [0.25, 0.3) is 0 Å². The summed E-state index contributed by atoms with van der Waals surface area (Å²) < 4.78 is 0. The molecular weight excluding hydrogens is 252 g/mol. The topological polar surface area (TPSA) is 65.1 Å². The molecule has 0 amide bonds. The van der Waals surface area contributed by atoms with E-state index in [1.54, 1.807) is 6.07 Å². The Morgan fingerprint density at radius 2 is 2.40 bits per heavy atom. The summed E-state index contributed by atoms with van der Waals surface area (Å²) in [5.41, 5.74) is 2.84. The lowest BCUT2D eigenvalue weighted by atomic mass is 9.59. The lowest BCUT2D eigenvalue weighted by molar-refractivity contribution is 0.167. The molecule has 2 bridgehead atoms. The number of nitrogens with one attached hydrogen (secondary N) is 2. The van der Waals surface area contributed by atoms with Gasteiger partial charge in [-0.05, 0) is 43.0 Å². The highest BCUT2D eigenvalue weighted by Crippen LogP contribution is 2.49. The first-order valence-corrected chi connectivity index (χ1v) is 6.99. The molecule has 1 heterocycles. The van der Waals surface area contributed by atoms with Crippen LogP contribution in [0.2, 0.25) is 0 Å². The van der Waals surface area contributed by atoms with Crippen LogP contribution in [0.15, 0.2) is 41.2 Å². The van der Waals surface area contributed by atoms with E-state index in [0.717, 1.165) is 29.7 Å². The number of aliphatic hydroxyl groups is 1. The van der Waals surface area contributed by atoms with Crippen molar-refractivity contribution in [3.8, 4) is 0 Å². The first kappa shape index (κ1) is 13.3. The van der Waals surface area contributed by atoms with Crippen molar-refractivity contribution < 1.29 is 5.11 Å². The normalized spacial score (nSPS) is 31.4. The fourth-order valence-electron chi connectivity index (χ4n) is 3.97. The number of fused-ring (bicyclic) bond motifs is 4. The number of aromatic nitrogens is 1. The van der Waals surface area contributed by atoms with Crippen molar-refractivity contribution in [3.63, 3.8) is 0 Å². The van der Waals surface area contributed by atoms with Gasteiger partial charge in [-0.25, -0.2) is 0 Å². The average Bonchev–Trinajstić information content (AvgIpc) is 2.45. The summed E-state index contributed by atoms with van der Waals surface area (Å²) in [5.74, 6) is 0.530. The zero-order valence-corrected chi connectivity index (χ0v) is 11.6. The maximum atomic E-state index is 11.6. The minimum atomic E-state index is -0.281. The van der Waals surface area contributed by atoms with Gasteiger partial charge in [0.1, 0.15) is 0 Å². The number of allylic oxidation sites excluding steroid dienone is 1. The van der Waals surface area contributed by atoms with E-state index in [0.29, 0.717) is 0 Å². The number of H-pyrrole nitrogens is 1. The molecule has 3 N–H and O–H groups in total. The first-order chi connectivity index (χ1) is 9.64. The molecule has 1 aromatic heterocycles. The summed E-state index contributed by atoms with van der Waals surface area (Å²) in [7, 11) is 1.94. The van der Waals surface area contributed by atoms with Gasteiger partial charge in [-0.15, -0.1) is 6.58 Å². The molecule has 3 rings (SSSR count). The molecule has 0 unspecified atom stereocenters. The molecule has 0 saturated carbocycles. The number of aliphatic hydroxyl groups excluding tert-OH is 1. The Morgan fingerprint density at radius 3 is 3.05 bits per heavy atom. The van der Waals surface area contributed by atoms with Crippen molar-refractivity contribution in [2.45, 2.75) is 18.4 Å². The largest absolute Gasteiger partial charge is 0.392 e. The molecule has 106 valence electrons. The summed E-state index contributed by atoms with van der Waals surface area (Å²) in [4.78, 5) is 14.5. The van der Waals surface area contributed by atoms with Gasteiger partial charge in [-0.2, -0.15) is 0 Å². The molecule has 4 heteroatoms. The van der Waals surface area contributed by atoms with E-state index in [4.69, 9.17) is 0 Å². The highest BCUT2D eigenvalue weighted by atomic mass is 16.3. The second-order valence-corrected chi connectivity index (χ2v) is 5.73. The van der Waals surface area contributed by atoms with Crippen LogP contribution in [0.25, 0.3) is 0 Å². The Morgan fingerprint density at radius 1 is 1.60 bits per heavy atom. The fraction of sp³-hybridized carbons (Fsp3) is 0.438. The van der Waals surface area contributed by atoms with Crippen LogP contribution in [0.1, 0.15) is 17.7 Å². The summed E-state index contributed by atoms with van der Waals surface area (Å²) in [5, 5.41) is 13.0. The Labute approximate surface area is 118 Å². The second kappa shape index (κ2) is 4.72. The SMILES string of the molecule is C=C[C@@H]1[C@H]2C=C(CO)C[C@]1(NC)c1ccc(=O)[nH]c1C2. The lowest BCUT2D eigenvalue weighted by Gasteiger charge is -2.50. The smallest absolute Gasteiger partial charge is 0.248 e. The van der Waals surface area contributed by atoms with Crippen molar-refractivity contribution in [1.29, 1.82) is 0 Å². The summed E-state index contributed by atoms with van der Waals surface area (Å²) in [6, 6.07) is 3.49. The summed E-state index contributed by atoms with van der Waals surface area (Å²) in [6.45, 7) is 4.08. The van der Waals surface area contributed by atoms with Crippen molar-refractivity contribution in [3.05, 3.63) is 58.0 Å². The van der Waals surface area contributed by atoms with Gasteiger partial charge in [-0.1, -0.05) is 12.2 Å². The molecule has 0 spiro atoms. The van der Waals surface area contributed by atoms with Gasteiger partial charge in [0.05, 0.1) is 12.1 Å². The lowest BCUT2D eigenvalue weighted by Crippen LogP contribution is -2.54. The molecule has 0 aliphatic heterocycles. The maximum absolute atomic E-state index is 11.6. The Hall–Kier alpha value is -1.65. The van der Waals surface area contributed by atoms with Gasteiger partial charge >= 0.3 is 0 Å². The average molecular weight is 272 g/mol. The molecule has 1 aromatic rings. The number of rotatable bonds is 3. The highest BCUT2D eigenvalue weighted by Gasteiger charge is 2.48. The van der Waals surface area contributed by atoms with E-state index in [1.165, 1.54) is 0 Å². The monoisotopic (exact) mass is 272 g/mol. The molecular formula is C16H20N2O2. The molecule has 0 saturated heterocycles. The van der Waals surface area contributed by atoms with Crippen molar-refractivity contribution in [1.82, 2.24) is 10.3 Å². The number of hydrogen-bond donors (Lipinski definition) is 3. The molecule has 0 fully saturated rings. The number of aromatic amines is 1. The molecule has 0 radical (unpaired) electrons. The molecule has 2 aliphatic carbocycles. The fourth-order valence-corrected chi connectivity index (χ4v) is 3.97. The molecule has 2 aliphatic rings. The molecule has 20 heavy (non-hydrogen) atoms. The third kappa shape index (κ3) is 1.72. The van der Waals surface area contributed by atoms with Crippen LogP contribution >= 0.6 is 0 Å². The van der Waals surface area contributed by atoms with Crippen LogP contribution in [0.5, 0.6) is 0 Å². The zero-order chi connectivity index (χ0) is 14.3. The van der Waals surface area contributed by atoms with Crippen molar-refractivity contribution in [2.24, 2.45) is 11.8 Å². The van der Waals surface area contributed by atoms with E-state index >= 15 is 0 Å². The standard InChI is InChI=1S/C16H20N2O2/c1-3-12-11-6-10(9-19)8-16(12,17-2)13-4-5-15(20)18-14(13)7-11/h3-6,11-12,17,19H,1,7-9H2,2H3,(H,18,20)/t11-,12+,16+/m0/s1. The van der Waals surface area contributed by atoms with E-state index in [-0.39, 0.29) is 29.5 Å². The van der Waals surface area contributed by atoms with Crippen LogP contribution in [0, 0.1) is 11.8 Å². The predicted molar refractivity (Wildman–Crippen MR) is 78.5 cm³/mol. The summed E-state index contributed by atoms with van der Waals surface area (Å²) >= 11 is 0. The maximum Gasteiger partial charge on any atom is 0.248 e. The van der Waals surface area contributed by atoms with E-state index in [9.17, 15) is 9.90 Å². The van der Waals surface area contributed by atoms with Crippen LogP contribution in [0.3, 0.4) is 0 Å². The Balaban J connectivity index is 2.23. The van der Waals surface area contributed by atoms with Crippen LogP contribution in [-0.4, -0.2) is 23.7 Å². The van der Waals surface area contributed by atoms with Crippen molar-refractivity contribution >= 4 is 0 Å². The number of pyridine rings is 1. The summed E-state index contributed by atoms with van der Waals surface area (Å²) in [6.07, 6.45) is 5.68. The van der Waals surface area contributed by atoms with Crippen LogP contribution in [0.4, 0.5) is 0 Å². The zero-order valence-electron chi connectivity index (χ0n) is 11.6. The van der Waals surface area contributed by atoms with Gasteiger partial charge in [0.15, 0.2) is 0 Å². The third-order valence-corrected chi connectivity index (χ3v) is 4.81. The molecule has 4 nitrogen and oxygen atoms in total. The van der Waals surface area contributed by atoms with E-state index < -0.39 is 0 Å². The van der Waals surface area contributed by atoms with E-state index in [1.807, 2.05) is 19.2 Å². The first-order valence-electron chi connectivity index (χ1n) is 6.99. The third-order valence-electron chi connectivity index (χ3n) is 4.81. The van der Waals surface area contributed by atoms with Gasteiger partial charge < -0.3 is 15.4 Å². The minimum absolute atomic E-state index is 0.0588. The van der Waals surface area contributed by atoms with E-state index in [2.05, 4.69) is 23.0 Å². The minimum Gasteiger partial charge on any atom is -0.392 e. The molecule has 0 aromatic carbocycles. The van der Waals surface area contributed by atoms with Gasteiger partial charge in [-0.3, -0.25) is 4.79 Å². The second-order valence-electron chi connectivity index (χ2n) is 5.73. The Bertz CT molecular complexity index is 632. The predicted octanol–water partition coefficient (Wildman–Crippen LogP) is 1.09. The highest BCUT2D eigenvalue weighted by molar-refractivity contribution is 5.41. The van der Waals surface area contributed by atoms with Crippen molar-refractivity contribution in [2.75, 3.05) is 13.7 Å². The quantitative estimate of drug-likeness (QED) is 0.722. The van der Waals surface area contributed by atoms with Gasteiger partial charge in [0, 0.05) is 17.7 Å². The molecule has 3 atom stereocenters. The van der Waals surface area contributed by atoms with Crippen LogP contribution in [-0.2, 0) is 12.0 Å². The Kier molecular flexibility index (Phi) is 3.15. The van der Waals surface area contributed by atoms with Gasteiger partial charge in [0.2, 0.25) is 5.56 Å².